The largest absolute Gasteiger partial charge is 0.377 e. The molecule has 0 saturated carbocycles. The van der Waals surface area contributed by atoms with Crippen LogP contribution in [0, 0.1) is 5.92 Å². The lowest BCUT2D eigenvalue weighted by Crippen LogP contribution is -2.20. The minimum atomic E-state index is 0.0940. The Kier molecular flexibility index (Phi) is 5.66. The molecular formula is C18H23ClN2. The quantitative estimate of drug-likeness (QED) is 0.815. The van der Waals surface area contributed by atoms with E-state index in [9.17, 15) is 0 Å². The number of nitrogens with two attached hydrogens (primary N) is 1. The molecule has 0 aromatic heterocycles. The van der Waals surface area contributed by atoms with E-state index in [1.54, 1.807) is 0 Å². The molecule has 21 heavy (non-hydrogen) atoms. The summed E-state index contributed by atoms with van der Waals surface area (Å²) >= 11 is 6.02. The van der Waals surface area contributed by atoms with Gasteiger partial charge >= 0.3 is 0 Å². The first-order valence-electron chi connectivity index (χ1n) is 7.39. The highest BCUT2D eigenvalue weighted by atomic mass is 35.5. The van der Waals surface area contributed by atoms with Gasteiger partial charge in [0, 0.05) is 17.3 Å². The van der Waals surface area contributed by atoms with Crippen LogP contribution in [-0.4, -0.2) is 6.54 Å². The summed E-state index contributed by atoms with van der Waals surface area (Å²) < 4.78 is 0. The molecule has 1 atom stereocenters. The molecule has 1 unspecified atom stereocenters. The minimum Gasteiger partial charge on any atom is -0.377 e. The van der Waals surface area contributed by atoms with Crippen LogP contribution in [0.1, 0.15) is 31.0 Å². The lowest BCUT2D eigenvalue weighted by molar-refractivity contribution is 0.647. The molecule has 2 aromatic carbocycles. The lowest BCUT2D eigenvalue weighted by atomic mass is 9.99. The number of rotatable bonds is 6. The third kappa shape index (κ3) is 4.76. The highest BCUT2D eigenvalue weighted by Gasteiger charge is 2.10. The van der Waals surface area contributed by atoms with Crippen molar-refractivity contribution in [1.82, 2.24) is 0 Å². The third-order valence-electron chi connectivity index (χ3n) is 3.43. The number of hydrogen-bond donors (Lipinski definition) is 2. The average Bonchev–Trinajstić information content (AvgIpc) is 2.45. The van der Waals surface area contributed by atoms with Gasteiger partial charge in [0.1, 0.15) is 0 Å². The standard InChI is InChI=1S/C18H23ClN2/c1-13(2)10-14-6-8-15(9-7-14)18(12-20)21-17-5-3-4-16(19)11-17/h3-9,11,13,18,21H,10,12,20H2,1-2H3. The van der Waals surface area contributed by atoms with Gasteiger partial charge in [-0.2, -0.15) is 0 Å². The van der Waals surface area contributed by atoms with Crippen molar-refractivity contribution in [2.24, 2.45) is 11.7 Å². The van der Waals surface area contributed by atoms with Crippen LogP contribution in [0.4, 0.5) is 5.69 Å². The smallest absolute Gasteiger partial charge is 0.0636 e. The second-order valence-electron chi connectivity index (χ2n) is 5.78. The van der Waals surface area contributed by atoms with Gasteiger partial charge in [-0.25, -0.2) is 0 Å². The van der Waals surface area contributed by atoms with Crippen LogP contribution in [0.5, 0.6) is 0 Å². The first-order chi connectivity index (χ1) is 10.1. The van der Waals surface area contributed by atoms with Crippen molar-refractivity contribution in [3.63, 3.8) is 0 Å². The lowest BCUT2D eigenvalue weighted by Gasteiger charge is -2.19. The summed E-state index contributed by atoms with van der Waals surface area (Å²) in [5.74, 6) is 0.672. The van der Waals surface area contributed by atoms with Gasteiger partial charge in [-0.3, -0.25) is 0 Å². The molecule has 0 aliphatic rings. The monoisotopic (exact) mass is 302 g/mol. The van der Waals surface area contributed by atoms with Gasteiger partial charge < -0.3 is 11.1 Å². The fourth-order valence-electron chi connectivity index (χ4n) is 2.42. The fourth-order valence-corrected chi connectivity index (χ4v) is 2.61. The highest BCUT2D eigenvalue weighted by molar-refractivity contribution is 6.30. The summed E-state index contributed by atoms with van der Waals surface area (Å²) in [4.78, 5) is 0. The molecule has 0 bridgehead atoms. The van der Waals surface area contributed by atoms with Gasteiger partial charge in [-0.15, -0.1) is 0 Å². The zero-order valence-electron chi connectivity index (χ0n) is 12.6. The van der Waals surface area contributed by atoms with Crippen LogP contribution < -0.4 is 11.1 Å². The molecule has 112 valence electrons. The maximum atomic E-state index is 6.02. The van der Waals surface area contributed by atoms with E-state index in [0.29, 0.717) is 12.5 Å². The Morgan fingerprint density at radius 1 is 1.10 bits per heavy atom. The van der Waals surface area contributed by atoms with E-state index in [2.05, 4.69) is 43.4 Å². The Morgan fingerprint density at radius 3 is 2.38 bits per heavy atom. The summed E-state index contributed by atoms with van der Waals surface area (Å²) in [7, 11) is 0. The van der Waals surface area contributed by atoms with Crippen molar-refractivity contribution in [3.8, 4) is 0 Å². The predicted octanol–water partition coefficient (Wildman–Crippen LogP) is 4.65. The average molecular weight is 303 g/mol. The van der Waals surface area contributed by atoms with E-state index in [1.165, 1.54) is 11.1 Å². The minimum absolute atomic E-state index is 0.0940. The number of anilines is 1. The molecule has 3 heteroatoms. The van der Waals surface area contributed by atoms with E-state index < -0.39 is 0 Å². The summed E-state index contributed by atoms with van der Waals surface area (Å²) in [5, 5.41) is 4.16. The van der Waals surface area contributed by atoms with Crippen molar-refractivity contribution in [2.45, 2.75) is 26.3 Å². The zero-order valence-corrected chi connectivity index (χ0v) is 13.4. The maximum Gasteiger partial charge on any atom is 0.0636 e. The molecule has 0 radical (unpaired) electrons. The van der Waals surface area contributed by atoms with Crippen LogP contribution >= 0.6 is 11.6 Å². The van der Waals surface area contributed by atoms with E-state index >= 15 is 0 Å². The Bertz CT molecular complexity index is 564. The normalized spacial score (nSPS) is 12.4. The van der Waals surface area contributed by atoms with Crippen molar-refractivity contribution >= 4 is 17.3 Å². The summed E-state index contributed by atoms with van der Waals surface area (Å²) in [6, 6.07) is 16.5. The molecule has 3 N–H and O–H groups in total. The summed E-state index contributed by atoms with van der Waals surface area (Å²) in [6.45, 7) is 5.00. The first-order valence-corrected chi connectivity index (χ1v) is 7.77. The van der Waals surface area contributed by atoms with Gasteiger partial charge in [0.2, 0.25) is 0 Å². The number of hydrogen-bond acceptors (Lipinski definition) is 2. The van der Waals surface area contributed by atoms with Crippen molar-refractivity contribution in [3.05, 3.63) is 64.7 Å². The number of nitrogens with one attached hydrogen (secondary N) is 1. The molecule has 2 aromatic rings. The summed E-state index contributed by atoms with van der Waals surface area (Å²) in [5.41, 5.74) is 9.47. The Hall–Kier alpha value is -1.51. The highest BCUT2D eigenvalue weighted by Crippen LogP contribution is 2.22. The van der Waals surface area contributed by atoms with Crippen molar-refractivity contribution < 1.29 is 0 Å². The fraction of sp³-hybridized carbons (Fsp3) is 0.333. The van der Waals surface area contributed by atoms with Crippen LogP contribution in [0.25, 0.3) is 0 Å². The van der Waals surface area contributed by atoms with Crippen LogP contribution in [0.3, 0.4) is 0 Å². The van der Waals surface area contributed by atoms with E-state index in [4.69, 9.17) is 17.3 Å². The van der Waals surface area contributed by atoms with Gasteiger partial charge in [0.05, 0.1) is 6.04 Å². The van der Waals surface area contributed by atoms with Gasteiger partial charge in [-0.1, -0.05) is 55.8 Å². The predicted molar refractivity (Wildman–Crippen MR) is 91.9 cm³/mol. The molecule has 0 spiro atoms. The van der Waals surface area contributed by atoms with Gasteiger partial charge in [0.25, 0.3) is 0 Å². The topological polar surface area (TPSA) is 38.0 Å². The van der Waals surface area contributed by atoms with Crippen molar-refractivity contribution in [1.29, 1.82) is 0 Å². The van der Waals surface area contributed by atoms with E-state index in [-0.39, 0.29) is 6.04 Å². The Labute approximate surface area is 132 Å². The van der Waals surface area contributed by atoms with Gasteiger partial charge in [0.15, 0.2) is 0 Å². The Balaban J connectivity index is 2.10. The molecule has 0 aliphatic carbocycles. The maximum absolute atomic E-state index is 6.02. The second-order valence-corrected chi connectivity index (χ2v) is 6.22. The summed E-state index contributed by atoms with van der Waals surface area (Å²) in [6.07, 6.45) is 1.11. The van der Waals surface area contributed by atoms with E-state index in [1.807, 2.05) is 24.3 Å². The Morgan fingerprint density at radius 2 is 1.81 bits per heavy atom. The molecular weight excluding hydrogens is 280 g/mol. The molecule has 0 fully saturated rings. The molecule has 0 saturated heterocycles. The van der Waals surface area contributed by atoms with Crippen molar-refractivity contribution in [2.75, 3.05) is 11.9 Å². The number of benzene rings is 2. The zero-order chi connectivity index (χ0) is 15.2. The molecule has 0 heterocycles. The van der Waals surface area contributed by atoms with Crippen LogP contribution in [0.15, 0.2) is 48.5 Å². The van der Waals surface area contributed by atoms with Crippen LogP contribution in [0.2, 0.25) is 5.02 Å². The SMILES string of the molecule is CC(C)Cc1ccc(C(CN)Nc2cccc(Cl)c2)cc1. The molecule has 0 amide bonds. The number of halogens is 1. The molecule has 0 aliphatic heterocycles. The second kappa shape index (κ2) is 7.48. The van der Waals surface area contributed by atoms with Crippen LogP contribution in [-0.2, 0) is 6.42 Å². The van der Waals surface area contributed by atoms with Gasteiger partial charge in [-0.05, 0) is 41.7 Å². The molecule has 2 rings (SSSR count). The third-order valence-corrected chi connectivity index (χ3v) is 3.66. The van der Waals surface area contributed by atoms with E-state index in [0.717, 1.165) is 17.1 Å². The molecule has 2 nitrogen and oxygen atoms in total. The first kappa shape index (κ1) is 15.9.